The van der Waals surface area contributed by atoms with E-state index in [0.717, 1.165) is 0 Å². The number of alkyl halides is 3. The molecule has 2 rings (SSSR count). The first-order chi connectivity index (χ1) is 11.6. The maximum Gasteiger partial charge on any atom is 0.433 e. The number of nitrogens with one attached hydrogen (secondary N) is 2. The molecular weight excluding hydrogens is 350 g/mol. The molecule has 4 nitrogen and oxygen atoms in total. The Morgan fingerprint density at radius 1 is 1.04 bits per heavy atom. The zero-order valence-electron chi connectivity index (χ0n) is 13.2. The van der Waals surface area contributed by atoms with Gasteiger partial charge < -0.3 is 10.6 Å². The molecule has 0 fully saturated rings. The molecule has 25 heavy (non-hydrogen) atoms. The van der Waals surface area contributed by atoms with Gasteiger partial charge in [0, 0.05) is 24.2 Å². The first-order valence-electron chi connectivity index (χ1n) is 7.24. The van der Waals surface area contributed by atoms with Gasteiger partial charge in [0.1, 0.15) is 17.3 Å². The lowest BCUT2D eigenvalue weighted by molar-refractivity contribution is -0.141. The average Bonchev–Trinajstić information content (AvgIpc) is 2.49. The van der Waals surface area contributed by atoms with Crippen LogP contribution in [-0.2, 0) is 6.18 Å². The van der Waals surface area contributed by atoms with Crippen LogP contribution in [0.4, 0.5) is 43.8 Å². The van der Waals surface area contributed by atoms with Crippen LogP contribution in [0.15, 0.2) is 18.2 Å². The number of hydrogen-bond acceptors (Lipinski definition) is 4. The number of anilines is 3. The number of rotatable bonds is 5. The molecule has 0 spiro atoms. The highest BCUT2D eigenvalue weighted by Crippen LogP contribution is 2.31. The molecule has 1 aromatic heterocycles. The molecule has 1 heterocycles. The quantitative estimate of drug-likeness (QED) is 0.744. The third-order valence-corrected chi connectivity index (χ3v) is 3.26. The van der Waals surface area contributed by atoms with Crippen LogP contribution in [0.25, 0.3) is 0 Å². The van der Waals surface area contributed by atoms with Crippen molar-refractivity contribution in [1.29, 1.82) is 0 Å². The molecule has 1 atom stereocenters. The summed E-state index contributed by atoms with van der Waals surface area (Å²) in [6.07, 6.45) is -4.20. The molecule has 2 N–H and O–H groups in total. The second-order valence-corrected chi connectivity index (χ2v) is 5.28. The number of halogens is 6. The smallest absolute Gasteiger partial charge is 0.352 e. The largest absolute Gasteiger partial charge is 0.433 e. The van der Waals surface area contributed by atoms with Gasteiger partial charge in [0.25, 0.3) is 0 Å². The third-order valence-electron chi connectivity index (χ3n) is 3.26. The molecular formula is C15H14F6N4. The Bertz CT molecular complexity index is 739. The summed E-state index contributed by atoms with van der Waals surface area (Å²) in [5.41, 5.74) is -2.11. The van der Waals surface area contributed by atoms with Crippen LogP contribution in [-0.4, -0.2) is 16.0 Å². The Balaban J connectivity index is 2.44. The SMILES string of the molecule is CC[C@@H](C)Nc1nc(Nc2c(F)cc(F)cc2F)cc(C(F)(F)F)n1. The van der Waals surface area contributed by atoms with Gasteiger partial charge >= 0.3 is 6.18 Å². The molecule has 2 aromatic rings. The second-order valence-electron chi connectivity index (χ2n) is 5.28. The number of nitrogens with zero attached hydrogens (tertiary/aromatic N) is 2. The van der Waals surface area contributed by atoms with Crippen LogP contribution in [0, 0.1) is 17.5 Å². The number of hydrogen-bond donors (Lipinski definition) is 2. The number of aromatic nitrogens is 2. The molecule has 0 amide bonds. The second kappa shape index (κ2) is 7.16. The zero-order chi connectivity index (χ0) is 18.8. The average molecular weight is 364 g/mol. The van der Waals surface area contributed by atoms with Crippen LogP contribution < -0.4 is 10.6 Å². The highest BCUT2D eigenvalue weighted by atomic mass is 19.4. The van der Waals surface area contributed by atoms with Crippen molar-refractivity contribution in [2.75, 3.05) is 10.6 Å². The topological polar surface area (TPSA) is 49.8 Å². The van der Waals surface area contributed by atoms with Gasteiger partial charge in [0.15, 0.2) is 17.3 Å². The maximum atomic E-state index is 13.7. The van der Waals surface area contributed by atoms with Crippen LogP contribution in [0.2, 0.25) is 0 Å². The van der Waals surface area contributed by atoms with E-state index in [2.05, 4.69) is 20.6 Å². The van der Waals surface area contributed by atoms with Crippen molar-refractivity contribution in [3.05, 3.63) is 41.3 Å². The zero-order valence-corrected chi connectivity index (χ0v) is 13.2. The molecule has 0 aliphatic heterocycles. The summed E-state index contributed by atoms with van der Waals surface area (Å²) < 4.78 is 79.2. The Hall–Kier alpha value is -2.52. The molecule has 0 aliphatic carbocycles. The van der Waals surface area contributed by atoms with E-state index in [1.54, 1.807) is 13.8 Å². The van der Waals surface area contributed by atoms with Gasteiger partial charge in [-0.2, -0.15) is 18.2 Å². The van der Waals surface area contributed by atoms with Crippen molar-refractivity contribution in [2.24, 2.45) is 0 Å². The van der Waals surface area contributed by atoms with Gasteiger partial charge in [-0.1, -0.05) is 6.92 Å². The van der Waals surface area contributed by atoms with Crippen LogP contribution in [0.3, 0.4) is 0 Å². The van der Waals surface area contributed by atoms with E-state index in [1.165, 1.54) is 0 Å². The minimum absolute atomic E-state index is 0.226. The highest BCUT2D eigenvalue weighted by Gasteiger charge is 2.34. The van der Waals surface area contributed by atoms with Gasteiger partial charge in [-0.3, -0.25) is 0 Å². The van der Waals surface area contributed by atoms with Gasteiger partial charge in [-0.25, -0.2) is 18.2 Å². The molecule has 0 radical (unpaired) electrons. The standard InChI is InChI=1S/C15H14F6N4/c1-3-7(2)22-14-23-11(15(19,20)21)6-12(25-14)24-13-9(17)4-8(16)5-10(13)18/h4-7H,3H2,1-2H3,(H2,22,23,24,25)/t7-/m1/s1. The van der Waals surface area contributed by atoms with Crippen molar-refractivity contribution >= 4 is 17.5 Å². The first kappa shape index (κ1) is 18.8. The lowest BCUT2D eigenvalue weighted by atomic mass is 10.2. The fourth-order valence-electron chi connectivity index (χ4n) is 1.83. The van der Waals surface area contributed by atoms with Crippen molar-refractivity contribution in [2.45, 2.75) is 32.5 Å². The van der Waals surface area contributed by atoms with E-state index in [9.17, 15) is 26.3 Å². The Morgan fingerprint density at radius 2 is 1.64 bits per heavy atom. The molecule has 0 saturated carbocycles. The van der Waals surface area contributed by atoms with Gasteiger partial charge in [-0.05, 0) is 13.3 Å². The van der Waals surface area contributed by atoms with E-state index in [1.807, 2.05) is 0 Å². The van der Waals surface area contributed by atoms with Crippen molar-refractivity contribution in [3.63, 3.8) is 0 Å². The maximum absolute atomic E-state index is 13.7. The Morgan fingerprint density at radius 3 is 2.16 bits per heavy atom. The van der Waals surface area contributed by atoms with Crippen molar-refractivity contribution in [1.82, 2.24) is 9.97 Å². The molecule has 136 valence electrons. The molecule has 10 heteroatoms. The molecule has 0 aliphatic rings. The van der Waals surface area contributed by atoms with E-state index in [-0.39, 0.29) is 12.0 Å². The Kier molecular flexibility index (Phi) is 5.39. The van der Waals surface area contributed by atoms with Gasteiger partial charge in [-0.15, -0.1) is 0 Å². The summed E-state index contributed by atoms with van der Waals surface area (Å²) in [4.78, 5) is 7.13. The highest BCUT2D eigenvalue weighted by molar-refractivity contribution is 5.59. The molecule has 0 bridgehead atoms. The third kappa shape index (κ3) is 4.74. The fraction of sp³-hybridized carbons (Fsp3) is 0.333. The van der Waals surface area contributed by atoms with Crippen LogP contribution in [0.1, 0.15) is 26.0 Å². The normalized spacial score (nSPS) is 12.8. The first-order valence-corrected chi connectivity index (χ1v) is 7.24. The summed E-state index contributed by atoms with van der Waals surface area (Å²) >= 11 is 0. The van der Waals surface area contributed by atoms with Crippen LogP contribution >= 0.6 is 0 Å². The van der Waals surface area contributed by atoms with E-state index < -0.39 is 40.8 Å². The van der Waals surface area contributed by atoms with Crippen molar-refractivity contribution in [3.8, 4) is 0 Å². The summed E-state index contributed by atoms with van der Waals surface area (Å²) in [5, 5.41) is 4.76. The Labute approximate surface area is 139 Å². The summed E-state index contributed by atoms with van der Waals surface area (Å²) in [6, 6.07) is 1.07. The minimum Gasteiger partial charge on any atom is -0.352 e. The lowest BCUT2D eigenvalue weighted by Gasteiger charge is -2.16. The monoisotopic (exact) mass is 364 g/mol. The predicted octanol–water partition coefficient (Wildman–Crippen LogP) is 4.87. The van der Waals surface area contributed by atoms with Crippen LogP contribution in [0.5, 0.6) is 0 Å². The van der Waals surface area contributed by atoms with E-state index in [0.29, 0.717) is 24.6 Å². The molecule has 0 saturated heterocycles. The fourth-order valence-corrected chi connectivity index (χ4v) is 1.83. The van der Waals surface area contributed by atoms with E-state index >= 15 is 0 Å². The van der Waals surface area contributed by atoms with Crippen molar-refractivity contribution < 1.29 is 26.3 Å². The lowest BCUT2D eigenvalue weighted by Crippen LogP contribution is -2.19. The van der Waals surface area contributed by atoms with E-state index in [4.69, 9.17) is 0 Å². The van der Waals surface area contributed by atoms with Gasteiger partial charge in [0.2, 0.25) is 5.95 Å². The predicted molar refractivity (Wildman–Crippen MR) is 80.0 cm³/mol. The summed E-state index contributed by atoms with van der Waals surface area (Å²) in [5.74, 6) is -4.60. The summed E-state index contributed by atoms with van der Waals surface area (Å²) in [7, 11) is 0. The minimum atomic E-state index is -4.79. The molecule has 1 aromatic carbocycles. The van der Waals surface area contributed by atoms with Gasteiger partial charge in [0.05, 0.1) is 0 Å². The molecule has 0 unspecified atom stereocenters. The summed E-state index contributed by atoms with van der Waals surface area (Å²) in [6.45, 7) is 3.50. The number of benzene rings is 1.